The molecule has 1 fully saturated rings. The van der Waals surface area contributed by atoms with Crippen molar-refractivity contribution < 1.29 is 34.4 Å². The standard InChI is InChI=1S/C23H22N2O7S/c1-3-18(22(30)31)32-15-8-5-13(6-9-15)11-19-20(27)25(4-2)23(33-19)24-17-10-7-14(26)12-16(17)21(28)29/h5-12,18,26H,3-4H2,1-2H3,(H,28,29)(H,30,31)/b19-11-,24-23?. The zero-order chi connectivity index (χ0) is 24.1. The van der Waals surface area contributed by atoms with Crippen molar-refractivity contribution in [3.05, 3.63) is 58.5 Å². The number of benzene rings is 2. The van der Waals surface area contributed by atoms with Gasteiger partial charge in [0.1, 0.15) is 11.5 Å². The van der Waals surface area contributed by atoms with Crippen LogP contribution in [0.15, 0.2) is 52.4 Å². The van der Waals surface area contributed by atoms with Crippen molar-refractivity contribution in [3.63, 3.8) is 0 Å². The fraction of sp³-hybridized carbons (Fsp3) is 0.217. The Morgan fingerprint density at radius 3 is 2.42 bits per heavy atom. The molecular weight excluding hydrogens is 448 g/mol. The van der Waals surface area contributed by atoms with Crippen LogP contribution in [0.25, 0.3) is 6.08 Å². The molecule has 33 heavy (non-hydrogen) atoms. The lowest BCUT2D eigenvalue weighted by Gasteiger charge is -2.13. The largest absolute Gasteiger partial charge is 0.508 e. The number of aliphatic imine (C=N–C) groups is 1. The summed E-state index contributed by atoms with van der Waals surface area (Å²) in [5, 5.41) is 28.4. The number of hydrogen-bond donors (Lipinski definition) is 3. The summed E-state index contributed by atoms with van der Waals surface area (Å²) in [5.74, 6) is -2.34. The lowest BCUT2D eigenvalue weighted by Crippen LogP contribution is -2.28. The Morgan fingerprint density at radius 1 is 1.15 bits per heavy atom. The number of carboxylic acids is 2. The summed E-state index contributed by atoms with van der Waals surface area (Å²) >= 11 is 1.11. The number of hydrogen-bond acceptors (Lipinski definition) is 7. The summed E-state index contributed by atoms with van der Waals surface area (Å²) in [5.41, 5.74) is 0.654. The molecule has 10 heteroatoms. The number of phenolic OH excluding ortho intramolecular Hbond substituents is 1. The second kappa shape index (κ2) is 10.2. The number of carbonyl (C=O) groups is 3. The summed E-state index contributed by atoms with van der Waals surface area (Å²) in [7, 11) is 0. The Hall–Kier alpha value is -3.79. The van der Waals surface area contributed by atoms with E-state index < -0.39 is 18.0 Å². The van der Waals surface area contributed by atoms with Crippen LogP contribution in [-0.4, -0.2) is 55.9 Å². The number of aliphatic carboxylic acids is 1. The quantitative estimate of drug-likeness (QED) is 0.493. The molecule has 0 radical (unpaired) electrons. The maximum Gasteiger partial charge on any atom is 0.344 e. The third-order valence-corrected chi connectivity index (χ3v) is 5.74. The molecule has 172 valence electrons. The maximum atomic E-state index is 12.9. The van der Waals surface area contributed by atoms with Gasteiger partial charge in [-0.3, -0.25) is 9.69 Å². The van der Waals surface area contributed by atoms with Gasteiger partial charge in [-0.25, -0.2) is 14.6 Å². The van der Waals surface area contributed by atoms with E-state index in [9.17, 15) is 24.6 Å². The molecule has 1 heterocycles. The molecule has 1 amide bonds. The highest BCUT2D eigenvalue weighted by atomic mass is 32.2. The van der Waals surface area contributed by atoms with Crippen LogP contribution < -0.4 is 4.74 Å². The molecule has 1 saturated heterocycles. The van der Waals surface area contributed by atoms with E-state index in [1.54, 1.807) is 44.2 Å². The Balaban J connectivity index is 1.86. The van der Waals surface area contributed by atoms with Gasteiger partial charge in [-0.05, 0) is 67.1 Å². The number of carbonyl (C=O) groups excluding carboxylic acids is 1. The van der Waals surface area contributed by atoms with Crippen LogP contribution in [0, 0.1) is 0 Å². The lowest BCUT2D eigenvalue weighted by atomic mass is 10.2. The van der Waals surface area contributed by atoms with Crippen LogP contribution in [0.1, 0.15) is 36.2 Å². The van der Waals surface area contributed by atoms with Gasteiger partial charge in [-0.2, -0.15) is 0 Å². The highest BCUT2D eigenvalue weighted by Gasteiger charge is 2.32. The minimum atomic E-state index is -1.24. The van der Waals surface area contributed by atoms with E-state index in [4.69, 9.17) is 9.84 Å². The van der Waals surface area contributed by atoms with Crippen molar-refractivity contribution in [1.29, 1.82) is 0 Å². The van der Waals surface area contributed by atoms with Crippen molar-refractivity contribution in [2.45, 2.75) is 26.4 Å². The monoisotopic (exact) mass is 470 g/mol. The number of aromatic hydroxyl groups is 1. The number of aromatic carboxylic acids is 1. The van der Waals surface area contributed by atoms with Gasteiger partial charge >= 0.3 is 11.9 Å². The molecule has 3 rings (SSSR count). The molecule has 1 unspecified atom stereocenters. The van der Waals surface area contributed by atoms with Crippen LogP contribution in [0.4, 0.5) is 5.69 Å². The Bertz CT molecular complexity index is 1140. The van der Waals surface area contributed by atoms with E-state index in [1.165, 1.54) is 17.0 Å². The first kappa shape index (κ1) is 23.9. The average molecular weight is 471 g/mol. The van der Waals surface area contributed by atoms with Gasteiger partial charge in [0.05, 0.1) is 16.2 Å². The SMILES string of the molecule is CCC(Oc1ccc(/C=C2\SC(=Nc3ccc(O)cc3C(=O)O)N(CC)C2=O)cc1)C(=O)O. The number of rotatable bonds is 8. The average Bonchev–Trinajstić information content (AvgIpc) is 3.07. The number of phenols is 1. The van der Waals surface area contributed by atoms with Gasteiger partial charge in [-0.1, -0.05) is 19.1 Å². The second-order valence-corrected chi connectivity index (χ2v) is 7.99. The number of amides is 1. The molecule has 0 aliphatic carbocycles. The second-order valence-electron chi connectivity index (χ2n) is 6.98. The first-order valence-corrected chi connectivity index (χ1v) is 10.9. The Labute approximate surface area is 194 Å². The van der Waals surface area contributed by atoms with Gasteiger partial charge < -0.3 is 20.1 Å². The highest BCUT2D eigenvalue weighted by molar-refractivity contribution is 8.18. The predicted octanol–water partition coefficient (Wildman–Crippen LogP) is 3.96. The van der Waals surface area contributed by atoms with Crippen molar-refractivity contribution in [3.8, 4) is 11.5 Å². The Kier molecular flexibility index (Phi) is 7.39. The molecule has 0 aromatic heterocycles. The molecule has 0 spiro atoms. The molecule has 0 saturated carbocycles. The summed E-state index contributed by atoms with van der Waals surface area (Å²) in [6.07, 6.45) is 1.06. The van der Waals surface area contributed by atoms with Crippen LogP contribution in [-0.2, 0) is 9.59 Å². The van der Waals surface area contributed by atoms with E-state index in [2.05, 4.69) is 4.99 Å². The third-order valence-electron chi connectivity index (χ3n) is 4.73. The van der Waals surface area contributed by atoms with E-state index in [1.807, 2.05) is 0 Å². The number of carboxylic acid groups (broad SMARTS) is 2. The van der Waals surface area contributed by atoms with Crippen molar-refractivity contribution in [1.82, 2.24) is 4.90 Å². The van der Waals surface area contributed by atoms with Crippen molar-refractivity contribution in [2.75, 3.05) is 6.54 Å². The van der Waals surface area contributed by atoms with Gasteiger partial charge in [0.25, 0.3) is 5.91 Å². The fourth-order valence-corrected chi connectivity index (χ4v) is 4.09. The molecule has 2 aromatic carbocycles. The summed E-state index contributed by atoms with van der Waals surface area (Å²) < 4.78 is 5.44. The smallest absolute Gasteiger partial charge is 0.344 e. The van der Waals surface area contributed by atoms with Crippen LogP contribution in [0.2, 0.25) is 0 Å². The van der Waals surface area contributed by atoms with Crippen LogP contribution in [0.3, 0.4) is 0 Å². The maximum absolute atomic E-state index is 12.9. The molecule has 0 bridgehead atoms. The molecule has 1 atom stereocenters. The minimum absolute atomic E-state index is 0.126. The van der Waals surface area contributed by atoms with Gasteiger partial charge in [0, 0.05) is 6.54 Å². The Morgan fingerprint density at radius 2 is 1.85 bits per heavy atom. The normalized spacial score (nSPS) is 16.9. The van der Waals surface area contributed by atoms with Crippen molar-refractivity contribution in [2.24, 2.45) is 4.99 Å². The zero-order valence-electron chi connectivity index (χ0n) is 17.9. The van der Waals surface area contributed by atoms with Gasteiger partial charge in [-0.15, -0.1) is 0 Å². The van der Waals surface area contributed by atoms with Crippen LogP contribution >= 0.6 is 11.8 Å². The summed E-state index contributed by atoms with van der Waals surface area (Å²) in [6, 6.07) is 10.5. The van der Waals surface area contributed by atoms with E-state index in [-0.39, 0.29) is 22.9 Å². The molecule has 9 nitrogen and oxygen atoms in total. The predicted molar refractivity (Wildman–Crippen MR) is 124 cm³/mol. The third kappa shape index (κ3) is 5.53. The zero-order valence-corrected chi connectivity index (χ0v) is 18.7. The highest BCUT2D eigenvalue weighted by Crippen LogP contribution is 2.35. The van der Waals surface area contributed by atoms with Crippen molar-refractivity contribution >= 4 is 46.5 Å². The fourth-order valence-electron chi connectivity index (χ4n) is 3.03. The summed E-state index contributed by atoms with van der Waals surface area (Å²) in [6.45, 7) is 3.84. The van der Waals surface area contributed by atoms with Gasteiger partial charge in [0.15, 0.2) is 11.3 Å². The van der Waals surface area contributed by atoms with Gasteiger partial charge in [0.2, 0.25) is 0 Å². The number of thioether (sulfide) groups is 1. The topological polar surface area (TPSA) is 137 Å². The molecule has 1 aliphatic rings. The van der Waals surface area contributed by atoms with E-state index >= 15 is 0 Å². The number of nitrogens with zero attached hydrogens (tertiary/aromatic N) is 2. The number of ether oxygens (including phenoxy) is 1. The van der Waals surface area contributed by atoms with Crippen LogP contribution in [0.5, 0.6) is 11.5 Å². The minimum Gasteiger partial charge on any atom is -0.508 e. The number of likely N-dealkylation sites (N-methyl/N-ethyl adjacent to an activating group) is 1. The molecular formula is C23H22N2O7S. The van der Waals surface area contributed by atoms with E-state index in [0.717, 1.165) is 17.8 Å². The summed E-state index contributed by atoms with van der Waals surface area (Å²) in [4.78, 5) is 41.7. The first-order chi connectivity index (χ1) is 15.7. The molecule has 2 aromatic rings. The number of amidine groups is 1. The van der Waals surface area contributed by atoms with E-state index in [0.29, 0.717) is 34.4 Å². The first-order valence-electron chi connectivity index (χ1n) is 10.1. The molecule has 1 aliphatic heterocycles. The lowest BCUT2D eigenvalue weighted by molar-refractivity contribution is -0.145. The molecule has 3 N–H and O–H groups in total.